The largest absolute Gasteiger partial charge is 0.350 e. The second-order valence-electron chi connectivity index (χ2n) is 6.57. The van der Waals surface area contributed by atoms with E-state index >= 15 is 0 Å². The second kappa shape index (κ2) is 7.99. The predicted octanol–water partition coefficient (Wildman–Crippen LogP) is 2.26. The normalized spacial score (nSPS) is 15.5. The lowest BCUT2D eigenvalue weighted by Gasteiger charge is -2.22. The van der Waals surface area contributed by atoms with Gasteiger partial charge in [0.05, 0.1) is 11.9 Å². The van der Waals surface area contributed by atoms with Crippen molar-refractivity contribution in [2.24, 2.45) is 13.0 Å². The number of nitrogens with one attached hydrogen (secondary N) is 3. The van der Waals surface area contributed by atoms with Crippen LogP contribution in [0.2, 0.25) is 0 Å². The summed E-state index contributed by atoms with van der Waals surface area (Å²) in [6.45, 7) is 4.64. The van der Waals surface area contributed by atoms with E-state index in [0.717, 1.165) is 25.7 Å². The molecule has 0 unspecified atom stereocenters. The van der Waals surface area contributed by atoms with Gasteiger partial charge in [0.25, 0.3) is 5.91 Å². The van der Waals surface area contributed by atoms with Crippen molar-refractivity contribution in [2.75, 3.05) is 11.9 Å². The van der Waals surface area contributed by atoms with Crippen molar-refractivity contribution in [3.63, 3.8) is 0 Å². The smallest absolute Gasteiger partial charge is 0.319 e. The second-order valence-corrected chi connectivity index (χ2v) is 6.57. The highest BCUT2D eigenvalue weighted by atomic mass is 16.2. The van der Waals surface area contributed by atoms with Gasteiger partial charge in [0.1, 0.15) is 5.69 Å². The van der Waals surface area contributed by atoms with Crippen LogP contribution in [0.4, 0.5) is 10.5 Å². The van der Waals surface area contributed by atoms with Crippen LogP contribution in [0.15, 0.2) is 6.20 Å². The van der Waals surface area contributed by atoms with Crippen LogP contribution in [0.1, 0.15) is 56.4 Å². The van der Waals surface area contributed by atoms with Crippen LogP contribution in [0.25, 0.3) is 0 Å². The maximum atomic E-state index is 12.3. The summed E-state index contributed by atoms with van der Waals surface area (Å²) in [4.78, 5) is 24.4. The number of urea groups is 1. The average Bonchev–Trinajstić information content (AvgIpc) is 2.86. The number of amides is 3. The maximum absolute atomic E-state index is 12.3. The molecule has 0 radical (unpaired) electrons. The van der Waals surface area contributed by atoms with Gasteiger partial charge in [0.2, 0.25) is 0 Å². The standard InChI is InChI=1S/C16H27N5O2/c1-11(2)9-17-15(22)14-13(10-18-21(14)3)20-16(23)19-12-7-5-4-6-8-12/h10-12H,4-9H2,1-3H3,(H,17,22)(H2,19,20,23). The number of carbonyl (C=O) groups excluding carboxylic acids is 2. The van der Waals surface area contributed by atoms with Crippen LogP contribution >= 0.6 is 0 Å². The quantitative estimate of drug-likeness (QED) is 0.777. The Balaban J connectivity index is 1.96. The zero-order valence-electron chi connectivity index (χ0n) is 14.2. The van der Waals surface area contributed by atoms with Crippen molar-refractivity contribution < 1.29 is 9.59 Å². The summed E-state index contributed by atoms with van der Waals surface area (Å²) in [5, 5.41) is 12.7. The average molecular weight is 321 g/mol. The van der Waals surface area contributed by atoms with Gasteiger partial charge in [-0.3, -0.25) is 9.48 Å². The molecule has 7 heteroatoms. The molecule has 3 amide bonds. The van der Waals surface area contributed by atoms with Crippen LogP contribution in [0.3, 0.4) is 0 Å². The molecule has 1 aromatic heterocycles. The monoisotopic (exact) mass is 321 g/mol. The minimum atomic E-state index is -0.275. The Morgan fingerprint density at radius 1 is 1.30 bits per heavy atom. The van der Waals surface area contributed by atoms with Gasteiger partial charge in [0.15, 0.2) is 0 Å². The van der Waals surface area contributed by atoms with E-state index in [2.05, 4.69) is 21.0 Å². The van der Waals surface area contributed by atoms with E-state index in [4.69, 9.17) is 0 Å². The van der Waals surface area contributed by atoms with Crippen molar-refractivity contribution in [2.45, 2.75) is 52.0 Å². The minimum Gasteiger partial charge on any atom is -0.350 e. The van der Waals surface area contributed by atoms with Crippen molar-refractivity contribution in [3.05, 3.63) is 11.9 Å². The fourth-order valence-electron chi connectivity index (χ4n) is 2.77. The van der Waals surface area contributed by atoms with Gasteiger partial charge in [-0.2, -0.15) is 5.10 Å². The topological polar surface area (TPSA) is 88.1 Å². The third-order valence-electron chi connectivity index (χ3n) is 4.01. The van der Waals surface area contributed by atoms with Gasteiger partial charge in [-0.05, 0) is 18.8 Å². The van der Waals surface area contributed by atoms with Crippen molar-refractivity contribution >= 4 is 17.6 Å². The first kappa shape index (κ1) is 17.3. The minimum absolute atomic E-state index is 0.221. The third kappa shape index (κ3) is 4.97. The van der Waals surface area contributed by atoms with Crippen molar-refractivity contribution in [3.8, 4) is 0 Å². The first-order valence-electron chi connectivity index (χ1n) is 8.35. The Bertz CT molecular complexity index is 547. The first-order valence-corrected chi connectivity index (χ1v) is 8.35. The molecule has 0 aliphatic heterocycles. The molecule has 0 atom stereocenters. The van der Waals surface area contributed by atoms with Gasteiger partial charge in [-0.25, -0.2) is 4.79 Å². The summed E-state index contributed by atoms with van der Waals surface area (Å²) in [7, 11) is 1.69. The maximum Gasteiger partial charge on any atom is 0.319 e. The van der Waals surface area contributed by atoms with E-state index in [1.54, 1.807) is 7.05 Å². The number of hydrogen-bond acceptors (Lipinski definition) is 3. The van der Waals surface area contributed by atoms with Crippen molar-refractivity contribution in [1.29, 1.82) is 0 Å². The molecule has 128 valence electrons. The van der Waals surface area contributed by atoms with E-state index in [9.17, 15) is 9.59 Å². The number of hydrogen-bond donors (Lipinski definition) is 3. The molecule has 0 aromatic carbocycles. The number of rotatable bonds is 5. The van der Waals surface area contributed by atoms with Gasteiger partial charge >= 0.3 is 6.03 Å². The fraction of sp³-hybridized carbons (Fsp3) is 0.688. The Hall–Kier alpha value is -2.05. The summed E-state index contributed by atoms with van der Waals surface area (Å²) in [6, 6.07) is -0.0542. The highest BCUT2D eigenvalue weighted by molar-refractivity contribution is 6.02. The zero-order chi connectivity index (χ0) is 16.8. The lowest BCUT2D eigenvalue weighted by Crippen LogP contribution is -2.39. The first-order chi connectivity index (χ1) is 11.0. The molecule has 1 fully saturated rings. The fourth-order valence-corrected chi connectivity index (χ4v) is 2.77. The van der Waals surface area contributed by atoms with Crippen LogP contribution in [-0.2, 0) is 7.05 Å². The summed E-state index contributed by atoms with van der Waals surface area (Å²) < 4.78 is 1.48. The molecule has 1 saturated carbocycles. The van der Waals surface area contributed by atoms with E-state index in [1.165, 1.54) is 17.3 Å². The molecule has 0 spiro atoms. The lowest BCUT2D eigenvalue weighted by molar-refractivity contribution is 0.0940. The summed E-state index contributed by atoms with van der Waals surface area (Å²) >= 11 is 0. The predicted molar refractivity (Wildman–Crippen MR) is 89.4 cm³/mol. The Morgan fingerprint density at radius 2 is 2.00 bits per heavy atom. The van der Waals surface area contributed by atoms with E-state index in [1.807, 2.05) is 13.8 Å². The molecule has 3 N–H and O–H groups in total. The van der Waals surface area contributed by atoms with Crippen LogP contribution in [-0.4, -0.2) is 34.3 Å². The number of anilines is 1. The highest BCUT2D eigenvalue weighted by Crippen LogP contribution is 2.18. The highest BCUT2D eigenvalue weighted by Gasteiger charge is 2.20. The molecule has 7 nitrogen and oxygen atoms in total. The van der Waals surface area contributed by atoms with Crippen LogP contribution in [0, 0.1) is 5.92 Å². The van der Waals surface area contributed by atoms with Crippen LogP contribution in [0.5, 0.6) is 0 Å². The number of aromatic nitrogens is 2. The van der Waals surface area contributed by atoms with E-state index in [-0.39, 0.29) is 18.0 Å². The van der Waals surface area contributed by atoms with E-state index in [0.29, 0.717) is 23.8 Å². The molecule has 1 aliphatic carbocycles. The summed E-state index contributed by atoms with van der Waals surface area (Å²) in [5.41, 5.74) is 0.798. The summed E-state index contributed by atoms with van der Waals surface area (Å²) in [6.07, 6.45) is 7.08. The third-order valence-corrected chi connectivity index (χ3v) is 4.01. The van der Waals surface area contributed by atoms with Crippen LogP contribution < -0.4 is 16.0 Å². The number of aryl methyl sites for hydroxylation is 1. The van der Waals surface area contributed by atoms with Crippen molar-refractivity contribution in [1.82, 2.24) is 20.4 Å². The van der Waals surface area contributed by atoms with Gasteiger partial charge in [-0.1, -0.05) is 33.1 Å². The Labute approximate surface area is 137 Å². The summed E-state index contributed by atoms with van der Waals surface area (Å²) in [5.74, 6) is 0.129. The Morgan fingerprint density at radius 3 is 2.65 bits per heavy atom. The number of carbonyl (C=O) groups is 2. The van der Waals surface area contributed by atoms with E-state index < -0.39 is 0 Å². The molecule has 0 bridgehead atoms. The zero-order valence-corrected chi connectivity index (χ0v) is 14.2. The van der Waals surface area contributed by atoms with Gasteiger partial charge in [0, 0.05) is 19.6 Å². The molecule has 1 aliphatic rings. The molecule has 0 saturated heterocycles. The number of nitrogens with zero attached hydrogens (tertiary/aromatic N) is 2. The SMILES string of the molecule is CC(C)CNC(=O)c1c(NC(=O)NC2CCCCC2)cnn1C. The van der Waals surface area contributed by atoms with Gasteiger partial charge < -0.3 is 16.0 Å². The molecule has 1 heterocycles. The molecular formula is C16H27N5O2. The molecular weight excluding hydrogens is 294 g/mol. The Kier molecular flexibility index (Phi) is 6.01. The molecule has 23 heavy (non-hydrogen) atoms. The molecule has 2 rings (SSSR count). The molecule has 1 aromatic rings. The lowest BCUT2D eigenvalue weighted by atomic mass is 9.96. The van der Waals surface area contributed by atoms with Gasteiger partial charge in [-0.15, -0.1) is 0 Å².